The number of nitrogens with two attached hydrogens (primary N) is 1. The molecular weight excluding hydrogens is 401 g/mol. The number of aliphatic imine (C=N–C) groups is 1. The van der Waals surface area contributed by atoms with Gasteiger partial charge in [-0.15, -0.1) is 24.0 Å². The van der Waals surface area contributed by atoms with Crippen LogP contribution in [0.3, 0.4) is 0 Å². The molecule has 1 fully saturated rings. The number of nitrogens with one attached hydrogen (secondary N) is 1. The summed E-state index contributed by atoms with van der Waals surface area (Å²) in [6.45, 7) is 2.57. The summed E-state index contributed by atoms with van der Waals surface area (Å²) < 4.78 is 22.7. The molecule has 1 aliphatic rings. The van der Waals surface area contributed by atoms with Crippen molar-refractivity contribution in [3.05, 3.63) is 29.8 Å². The monoisotopic (exact) mass is 423 g/mol. The number of guanidine groups is 1. The van der Waals surface area contributed by atoms with Crippen molar-refractivity contribution in [3.63, 3.8) is 0 Å². The summed E-state index contributed by atoms with van der Waals surface area (Å²) in [6.07, 6.45) is 1.68. The van der Waals surface area contributed by atoms with Gasteiger partial charge in [0.1, 0.15) is 0 Å². The van der Waals surface area contributed by atoms with E-state index < -0.39 is 9.84 Å². The zero-order valence-corrected chi connectivity index (χ0v) is 15.2. The number of benzene rings is 1. The molecule has 1 aromatic rings. The molecule has 1 aliphatic heterocycles. The molecule has 0 bridgehead atoms. The first-order valence-corrected chi connectivity index (χ1v) is 8.67. The zero-order chi connectivity index (χ0) is 14.6. The summed E-state index contributed by atoms with van der Waals surface area (Å²) in [5.41, 5.74) is 7.97. The first-order chi connectivity index (χ1) is 9.48. The third kappa shape index (κ3) is 5.82. The average Bonchev–Trinajstić information content (AvgIpc) is 2.77. The van der Waals surface area contributed by atoms with E-state index in [2.05, 4.69) is 17.2 Å². The zero-order valence-electron chi connectivity index (χ0n) is 12.1. The van der Waals surface area contributed by atoms with Gasteiger partial charge in [-0.1, -0.05) is 19.1 Å². The number of halogens is 1. The molecule has 1 heterocycles. The second kappa shape index (κ2) is 7.98. The first-order valence-electron chi connectivity index (χ1n) is 6.85. The van der Waals surface area contributed by atoms with Crippen molar-refractivity contribution in [2.75, 3.05) is 23.4 Å². The summed E-state index contributed by atoms with van der Waals surface area (Å²) >= 11 is 0. The smallest absolute Gasteiger partial charge is 0.193 e. The lowest BCUT2D eigenvalue weighted by Gasteiger charge is -2.08. The molecule has 3 N–H and O–H groups in total. The summed E-state index contributed by atoms with van der Waals surface area (Å²) in [6, 6.07) is 8.00. The molecule has 5 nitrogen and oxygen atoms in total. The highest BCUT2D eigenvalue weighted by Gasteiger charge is 2.27. The molecule has 0 amide bonds. The van der Waals surface area contributed by atoms with Crippen LogP contribution in [-0.2, 0) is 16.3 Å². The Morgan fingerprint density at radius 3 is 2.57 bits per heavy atom. The average molecular weight is 423 g/mol. The van der Waals surface area contributed by atoms with Gasteiger partial charge in [0.15, 0.2) is 15.8 Å². The Morgan fingerprint density at radius 2 is 2.05 bits per heavy atom. The third-order valence-corrected chi connectivity index (χ3v) is 5.32. The molecule has 2 rings (SSSR count). The van der Waals surface area contributed by atoms with Crippen LogP contribution in [0.2, 0.25) is 0 Å². The van der Waals surface area contributed by atoms with Crippen LogP contribution in [-0.4, -0.2) is 32.4 Å². The molecule has 0 radical (unpaired) electrons. The topological polar surface area (TPSA) is 84.5 Å². The Balaban J connectivity index is 0.00000220. The van der Waals surface area contributed by atoms with Gasteiger partial charge >= 0.3 is 0 Å². The molecular formula is C14H22IN3O2S. The Hall–Kier alpha value is -0.830. The summed E-state index contributed by atoms with van der Waals surface area (Å²) in [4.78, 5) is 4.23. The van der Waals surface area contributed by atoms with Crippen LogP contribution < -0.4 is 11.1 Å². The SMILES string of the molecule is CCc1ccc(NC(N)=NCC2CCS(=O)(=O)C2)cc1.I. The number of aryl methyl sites for hydroxylation is 1. The third-order valence-electron chi connectivity index (χ3n) is 3.48. The minimum Gasteiger partial charge on any atom is -0.370 e. The molecule has 118 valence electrons. The lowest BCUT2D eigenvalue weighted by molar-refractivity contribution is 0.591. The maximum atomic E-state index is 11.3. The normalized spacial score (nSPS) is 20.8. The molecule has 1 unspecified atom stereocenters. The van der Waals surface area contributed by atoms with E-state index in [9.17, 15) is 8.42 Å². The van der Waals surface area contributed by atoms with Gasteiger partial charge in [0.05, 0.1) is 11.5 Å². The van der Waals surface area contributed by atoms with Crippen LogP contribution >= 0.6 is 24.0 Å². The fraction of sp³-hybridized carbons (Fsp3) is 0.500. The lowest BCUT2D eigenvalue weighted by atomic mass is 10.1. The maximum Gasteiger partial charge on any atom is 0.193 e. The summed E-state index contributed by atoms with van der Waals surface area (Å²) in [7, 11) is -2.84. The molecule has 0 aliphatic carbocycles. The van der Waals surface area contributed by atoms with Crippen LogP contribution in [0.25, 0.3) is 0 Å². The fourth-order valence-corrected chi connectivity index (χ4v) is 4.10. The maximum absolute atomic E-state index is 11.3. The summed E-state index contributed by atoms with van der Waals surface area (Å²) in [5, 5.41) is 3.02. The van der Waals surface area contributed by atoms with E-state index in [4.69, 9.17) is 5.73 Å². The standard InChI is InChI=1S/C14H21N3O2S.HI/c1-2-11-3-5-13(6-4-11)17-14(15)16-9-12-7-8-20(18,19)10-12;/h3-6,12H,2,7-10H2,1H3,(H3,15,16,17);1H. The van der Waals surface area contributed by atoms with E-state index in [1.165, 1.54) is 5.56 Å². The van der Waals surface area contributed by atoms with Gasteiger partial charge in [-0.2, -0.15) is 0 Å². The number of anilines is 1. The number of sulfone groups is 1. The molecule has 1 aromatic carbocycles. The highest BCUT2D eigenvalue weighted by atomic mass is 127. The Morgan fingerprint density at radius 1 is 1.38 bits per heavy atom. The second-order valence-corrected chi connectivity index (χ2v) is 7.40. The van der Waals surface area contributed by atoms with Crippen molar-refractivity contribution in [1.82, 2.24) is 0 Å². The molecule has 0 spiro atoms. The van der Waals surface area contributed by atoms with E-state index in [0.717, 1.165) is 12.1 Å². The molecule has 0 saturated carbocycles. The van der Waals surface area contributed by atoms with E-state index in [-0.39, 0.29) is 41.4 Å². The second-order valence-electron chi connectivity index (χ2n) is 5.17. The fourth-order valence-electron chi connectivity index (χ4n) is 2.25. The number of hydrogen-bond donors (Lipinski definition) is 2. The molecule has 21 heavy (non-hydrogen) atoms. The van der Waals surface area contributed by atoms with Gasteiger partial charge in [0.2, 0.25) is 0 Å². The molecule has 1 atom stereocenters. The van der Waals surface area contributed by atoms with E-state index in [0.29, 0.717) is 18.9 Å². The Kier molecular flexibility index (Phi) is 6.92. The van der Waals surface area contributed by atoms with Crippen molar-refractivity contribution in [2.24, 2.45) is 16.6 Å². The first kappa shape index (κ1) is 18.2. The minimum absolute atomic E-state index is 0. The largest absolute Gasteiger partial charge is 0.370 e. The molecule has 1 saturated heterocycles. The Bertz CT molecular complexity index is 585. The quantitative estimate of drug-likeness (QED) is 0.441. The lowest BCUT2D eigenvalue weighted by Crippen LogP contribution is -2.24. The predicted octanol–water partition coefficient (Wildman–Crippen LogP) is 2.03. The van der Waals surface area contributed by atoms with Gasteiger partial charge < -0.3 is 11.1 Å². The van der Waals surface area contributed by atoms with Crippen LogP contribution in [0.4, 0.5) is 5.69 Å². The van der Waals surface area contributed by atoms with E-state index in [1.807, 2.05) is 24.3 Å². The van der Waals surface area contributed by atoms with Crippen LogP contribution in [0.15, 0.2) is 29.3 Å². The van der Waals surface area contributed by atoms with Crippen molar-refractivity contribution in [2.45, 2.75) is 19.8 Å². The van der Waals surface area contributed by atoms with Gasteiger partial charge in [-0.05, 0) is 36.5 Å². The van der Waals surface area contributed by atoms with Crippen LogP contribution in [0.5, 0.6) is 0 Å². The number of nitrogens with zero attached hydrogens (tertiary/aromatic N) is 1. The van der Waals surface area contributed by atoms with Crippen molar-refractivity contribution in [1.29, 1.82) is 0 Å². The van der Waals surface area contributed by atoms with E-state index in [1.54, 1.807) is 0 Å². The van der Waals surface area contributed by atoms with E-state index >= 15 is 0 Å². The van der Waals surface area contributed by atoms with Crippen molar-refractivity contribution in [3.8, 4) is 0 Å². The van der Waals surface area contributed by atoms with Gasteiger partial charge in [-0.25, -0.2) is 8.42 Å². The van der Waals surface area contributed by atoms with Crippen LogP contribution in [0, 0.1) is 5.92 Å². The minimum atomic E-state index is -2.84. The van der Waals surface area contributed by atoms with Crippen LogP contribution in [0.1, 0.15) is 18.9 Å². The number of rotatable bonds is 4. The molecule has 7 heteroatoms. The van der Waals surface area contributed by atoms with Gasteiger partial charge in [-0.3, -0.25) is 4.99 Å². The Labute approximate surface area is 143 Å². The number of hydrogen-bond acceptors (Lipinski definition) is 3. The van der Waals surface area contributed by atoms with Gasteiger partial charge in [0.25, 0.3) is 0 Å². The van der Waals surface area contributed by atoms with Crippen molar-refractivity contribution >= 4 is 45.5 Å². The van der Waals surface area contributed by atoms with Gasteiger partial charge in [0, 0.05) is 12.2 Å². The molecule has 0 aromatic heterocycles. The highest BCUT2D eigenvalue weighted by Crippen LogP contribution is 2.18. The highest BCUT2D eigenvalue weighted by molar-refractivity contribution is 14.0. The summed E-state index contributed by atoms with van der Waals surface area (Å²) in [5.74, 6) is 0.940. The predicted molar refractivity (Wildman–Crippen MR) is 98.1 cm³/mol. The van der Waals surface area contributed by atoms with Crippen molar-refractivity contribution < 1.29 is 8.42 Å².